The van der Waals surface area contributed by atoms with Gasteiger partial charge >= 0.3 is 5.97 Å². The topological polar surface area (TPSA) is 105 Å². The van der Waals surface area contributed by atoms with Crippen molar-refractivity contribution in [3.05, 3.63) is 70.5 Å². The molecule has 1 aliphatic heterocycles. The minimum absolute atomic E-state index is 0.119. The highest BCUT2D eigenvalue weighted by molar-refractivity contribution is 6.21. The van der Waals surface area contributed by atoms with Crippen LogP contribution >= 0.6 is 0 Å². The molecule has 7 nitrogen and oxygen atoms in total. The number of carboxylic acid groups (broad SMARTS) is 1. The molecule has 5 rings (SSSR count). The van der Waals surface area contributed by atoms with E-state index in [2.05, 4.69) is 0 Å². The van der Waals surface area contributed by atoms with E-state index in [1.807, 2.05) is 6.07 Å². The van der Waals surface area contributed by atoms with Crippen LogP contribution < -0.4 is 0 Å². The Morgan fingerprint density at radius 3 is 2.41 bits per heavy atom. The summed E-state index contributed by atoms with van der Waals surface area (Å²) in [5, 5.41) is 10.7. The molecule has 2 aromatic carbocycles. The molecule has 1 aliphatic carbocycles. The van der Waals surface area contributed by atoms with E-state index in [0.717, 1.165) is 41.7 Å². The van der Waals surface area contributed by atoms with Gasteiger partial charge in [-0.05, 0) is 50.3 Å². The Balaban J connectivity index is 1.23. The molecule has 34 heavy (non-hydrogen) atoms. The number of nitrogens with zero attached hydrogens (tertiary/aromatic N) is 1. The number of carbonyl (C=O) groups excluding carboxylic acids is 3. The summed E-state index contributed by atoms with van der Waals surface area (Å²) in [5.74, 6) is -1.96. The predicted octanol–water partition coefficient (Wildman–Crippen LogP) is 4.66. The Labute approximate surface area is 196 Å². The number of Topliss-reactive ketones (excluding diaryl/α,β-unsaturated/α-hetero) is 1. The Morgan fingerprint density at radius 2 is 1.71 bits per heavy atom. The monoisotopic (exact) mass is 459 g/mol. The van der Waals surface area contributed by atoms with Crippen LogP contribution in [0.2, 0.25) is 0 Å². The maximum absolute atomic E-state index is 12.9. The summed E-state index contributed by atoms with van der Waals surface area (Å²) < 4.78 is 5.96. The van der Waals surface area contributed by atoms with Gasteiger partial charge in [0.25, 0.3) is 11.8 Å². The van der Waals surface area contributed by atoms with Crippen molar-refractivity contribution in [3.8, 4) is 0 Å². The Kier molecular flexibility index (Phi) is 5.77. The fraction of sp³-hybridized carbons (Fsp3) is 0.333. The number of hydrogen-bond donors (Lipinski definition) is 1. The molecule has 1 aromatic heterocycles. The number of fused-ring (bicyclic) bond motifs is 4. The second-order valence-electron chi connectivity index (χ2n) is 9.03. The van der Waals surface area contributed by atoms with Crippen molar-refractivity contribution in [2.24, 2.45) is 5.92 Å². The lowest BCUT2D eigenvalue weighted by Gasteiger charge is -2.16. The van der Waals surface area contributed by atoms with Crippen molar-refractivity contribution in [2.45, 2.75) is 44.9 Å². The van der Waals surface area contributed by atoms with Gasteiger partial charge in [-0.25, -0.2) is 0 Å². The molecule has 1 N–H and O–H groups in total. The standard InChI is InChI=1S/C27H25NO6/c29-22(16-11-12-19-18-7-3-4-10-23(18)34-24(19)15-16)14-17(27(32)33)6-5-13-28-25(30)20-8-1-2-9-21(20)26(28)31/h1-2,8-9,11-12,15,17H,3-7,10,13-14H2,(H,32,33)/t17-/m1/s1. The van der Waals surface area contributed by atoms with Crippen molar-refractivity contribution in [2.75, 3.05) is 6.54 Å². The molecule has 0 saturated carbocycles. The van der Waals surface area contributed by atoms with Gasteiger partial charge in [-0.15, -0.1) is 0 Å². The van der Waals surface area contributed by atoms with Crippen molar-refractivity contribution >= 4 is 34.5 Å². The van der Waals surface area contributed by atoms with Gasteiger partial charge in [0.15, 0.2) is 5.78 Å². The summed E-state index contributed by atoms with van der Waals surface area (Å²) in [7, 11) is 0. The van der Waals surface area contributed by atoms with Gasteiger partial charge in [0.2, 0.25) is 0 Å². The second kappa shape index (κ2) is 8.89. The first-order valence-electron chi connectivity index (χ1n) is 11.7. The van der Waals surface area contributed by atoms with Crippen LogP contribution in [0.25, 0.3) is 11.0 Å². The summed E-state index contributed by atoms with van der Waals surface area (Å²) in [5.41, 5.74) is 3.07. The van der Waals surface area contributed by atoms with Crippen molar-refractivity contribution in [3.63, 3.8) is 0 Å². The zero-order chi connectivity index (χ0) is 23.8. The van der Waals surface area contributed by atoms with Crippen molar-refractivity contribution in [1.29, 1.82) is 0 Å². The summed E-state index contributed by atoms with van der Waals surface area (Å²) >= 11 is 0. The molecule has 174 valence electrons. The van der Waals surface area contributed by atoms with Crippen LogP contribution in [0.15, 0.2) is 46.9 Å². The SMILES string of the molecule is O=C(C[C@@H](CCCN1C(=O)c2ccccc2C1=O)C(=O)O)c1ccc2c3c(oc2c1)CCCC3. The van der Waals surface area contributed by atoms with Crippen LogP contribution in [0.4, 0.5) is 0 Å². The Hall–Kier alpha value is -3.74. The maximum atomic E-state index is 12.9. The third-order valence-electron chi connectivity index (χ3n) is 6.87. The third kappa shape index (κ3) is 3.91. The molecule has 2 heterocycles. The molecule has 7 heteroatoms. The van der Waals surface area contributed by atoms with Crippen LogP contribution in [0, 0.1) is 5.92 Å². The van der Waals surface area contributed by atoms with Gasteiger partial charge < -0.3 is 9.52 Å². The van der Waals surface area contributed by atoms with E-state index >= 15 is 0 Å². The molecule has 0 spiro atoms. The van der Waals surface area contributed by atoms with Crippen LogP contribution in [-0.2, 0) is 17.6 Å². The summed E-state index contributed by atoms with van der Waals surface area (Å²) in [4.78, 5) is 50.8. The number of aryl methyl sites for hydroxylation is 2. The summed E-state index contributed by atoms with van der Waals surface area (Å²) in [6.45, 7) is 0.119. The minimum atomic E-state index is -1.06. The Bertz CT molecular complexity index is 1280. The second-order valence-corrected chi connectivity index (χ2v) is 9.03. The fourth-order valence-electron chi connectivity index (χ4n) is 5.03. The molecule has 0 fully saturated rings. The van der Waals surface area contributed by atoms with Gasteiger partial charge in [-0.1, -0.05) is 24.3 Å². The molecule has 0 radical (unpaired) electrons. The lowest BCUT2D eigenvalue weighted by molar-refractivity contribution is -0.141. The number of ketones is 1. The predicted molar refractivity (Wildman–Crippen MR) is 124 cm³/mol. The van der Waals surface area contributed by atoms with E-state index < -0.39 is 11.9 Å². The molecule has 0 bridgehead atoms. The largest absolute Gasteiger partial charge is 0.481 e. The number of hydrogen-bond acceptors (Lipinski definition) is 5. The van der Waals surface area contributed by atoms with E-state index in [4.69, 9.17) is 4.42 Å². The number of amides is 2. The molecule has 3 aromatic rings. The normalized spacial score (nSPS) is 15.9. The number of imide groups is 1. The average molecular weight is 459 g/mol. The number of aliphatic carboxylic acids is 1. The number of furan rings is 1. The molecular formula is C27H25NO6. The van der Waals surface area contributed by atoms with E-state index in [-0.39, 0.29) is 37.0 Å². The zero-order valence-corrected chi connectivity index (χ0v) is 18.7. The van der Waals surface area contributed by atoms with Gasteiger partial charge in [0.1, 0.15) is 11.3 Å². The number of carboxylic acids is 1. The lowest BCUT2D eigenvalue weighted by Crippen LogP contribution is -2.31. The van der Waals surface area contributed by atoms with Crippen molar-refractivity contribution in [1.82, 2.24) is 4.90 Å². The quantitative estimate of drug-likeness (QED) is 0.388. The third-order valence-corrected chi connectivity index (χ3v) is 6.87. The number of rotatable bonds is 8. The lowest BCUT2D eigenvalue weighted by atomic mass is 9.92. The highest BCUT2D eigenvalue weighted by Gasteiger charge is 2.35. The highest BCUT2D eigenvalue weighted by atomic mass is 16.4. The first-order valence-corrected chi connectivity index (χ1v) is 11.7. The van der Waals surface area contributed by atoms with Crippen LogP contribution in [0.1, 0.15) is 74.5 Å². The molecular weight excluding hydrogens is 434 g/mol. The number of carbonyl (C=O) groups is 4. The molecule has 2 amide bonds. The fourth-order valence-corrected chi connectivity index (χ4v) is 5.03. The first kappa shape index (κ1) is 22.1. The molecule has 0 unspecified atom stereocenters. The zero-order valence-electron chi connectivity index (χ0n) is 18.7. The van der Waals surface area contributed by atoms with E-state index in [1.54, 1.807) is 36.4 Å². The maximum Gasteiger partial charge on any atom is 0.306 e. The number of benzene rings is 2. The smallest absolute Gasteiger partial charge is 0.306 e. The molecule has 2 aliphatic rings. The summed E-state index contributed by atoms with van der Waals surface area (Å²) in [6, 6.07) is 12.0. The van der Waals surface area contributed by atoms with Gasteiger partial charge in [0.05, 0.1) is 17.0 Å². The Morgan fingerprint density at radius 1 is 1.00 bits per heavy atom. The van der Waals surface area contributed by atoms with E-state index in [1.165, 1.54) is 5.56 Å². The highest BCUT2D eigenvalue weighted by Crippen LogP contribution is 2.33. The van der Waals surface area contributed by atoms with Crippen LogP contribution in [-0.4, -0.2) is 40.1 Å². The molecule has 1 atom stereocenters. The van der Waals surface area contributed by atoms with Crippen molar-refractivity contribution < 1.29 is 28.7 Å². The van der Waals surface area contributed by atoms with Gasteiger partial charge in [0, 0.05) is 35.9 Å². The minimum Gasteiger partial charge on any atom is -0.481 e. The molecule has 0 saturated heterocycles. The van der Waals surface area contributed by atoms with Gasteiger partial charge in [-0.3, -0.25) is 24.1 Å². The average Bonchev–Trinajstić information content (AvgIpc) is 3.33. The van der Waals surface area contributed by atoms with E-state index in [0.29, 0.717) is 28.7 Å². The van der Waals surface area contributed by atoms with Crippen LogP contribution in [0.3, 0.4) is 0 Å². The van der Waals surface area contributed by atoms with E-state index in [9.17, 15) is 24.3 Å². The first-order chi connectivity index (χ1) is 16.4. The van der Waals surface area contributed by atoms with Crippen LogP contribution in [0.5, 0.6) is 0 Å². The van der Waals surface area contributed by atoms with Gasteiger partial charge in [-0.2, -0.15) is 0 Å². The summed E-state index contributed by atoms with van der Waals surface area (Å²) in [6.07, 6.45) is 4.45.